The zero-order chi connectivity index (χ0) is 21.7. The van der Waals surface area contributed by atoms with Crippen LogP contribution >= 0.6 is 11.6 Å². The maximum absolute atomic E-state index is 11.6. The molecule has 0 amide bonds. The molecule has 0 aliphatic rings. The van der Waals surface area contributed by atoms with Gasteiger partial charge in [-0.25, -0.2) is 18.5 Å². The van der Waals surface area contributed by atoms with Crippen molar-refractivity contribution in [2.75, 3.05) is 13.7 Å². The predicted octanol–water partition coefficient (Wildman–Crippen LogP) is 4.90. The third-order valence-corrected chi connectivity index (χ3v) is 5.76. The van der Waals surface area contributed by atoms with Crippen LogP contribution < -0.4 is 14.6 Å². The van der Waals surface area contributed by atoms with Gasteiger partial charge in [0.1, 0.15) is 5.75 Å². The molecule has 3 aromatic rings. The standard InChI is InChI=1S/C22H23ClN2O4S/c1-3-4-13-29-21-12-10-18(15-5-8-17(9-6-15)30(24,26)27)22(25-21)16-7-11-20(28-2)19(23)14-16/h5-12,14H,3-4,13H2,1-2H3,(H2,24,26,27). The summed E-state index contributed by atoms with van der Waals surface area (Å²) in [5, 5.41) is 5.67. The number of nitrogens with two attached hydrogens (primary N) is 1. The largest absolute Gasteiger partial charge is 0.495 e. The van der Waals surface area contributed by atoms with Gasteiger partial charge in [0, 0.05) is 17.2 Å². The molecule has 2 N–H and O–H groups in total. The van der Waals surface area contributed by atoms with Gasteiger partial charge in [-0.3, -0.25) is 0 Å². The van der Waals surface area contributed by atoms with Gasteiger partial charge in [0.25, 0.3) is 0 Å². The Morgan fingerprint density at radius 2 is 1.73 bits per heavy atom. The smallest absolute Gasteiger partial charge is 0.238 e. The van der Waals surface area contributed by atoms with Crippen molar-refractivity contribution in [1.82, 2.24) is 4.98 Å². The van der Waals surface area contributed by atoms with Crippen LogP contribution in [0, 0.1) is 0 Å². The van der Waals surface area contributed by atoms with Gasteiger partial charge in [0.05, 0.1) is 29.3 Å². The molecule has 0 aliphatic heterocycles. The summed E-state index contributed by atoms with van der Waals surface area (Å²) in [7, 11) is -2.21. The van der Waals surface area contributed by atoms with Crippen molar-refractivity contribution in [3.63, 3.8) is 0 Å². The second-order valence-corrected chi connectivity index (χ2v) is 8.64. The Balaban J connectivity index is 2.09. The number of hydrogen-bond donors (Lipinski definition) is 1. The molecule has 0 spiro atoms. The van der Waals surface area contributed by atoms with Crippen molar-refractivity contribution in [1.29, 1.82) is 0 Å². The number of pyridine rings is 1. The van der Waals surface area contributed by atoms with E-state index >= 15 is 0 Å². The van der Waals surface area contributed by atoms with Crippen molar-refractivity contribution in [3.05, 3.63) is 59.6 Å². The molecule has 6 nitrogen and oxygen atoms in total. The lowest BCUT2D eigenvalue weighted by Crippen LogP contribution is -2.11. The topological polar surface area (TPSA) is 91.5 Å². The van der Waals surface area contributed by atoms with Crippen molar-refractivity contribution >= 4 is 21.6 Å². The van der Waals surface area contributed by atoms with E-state index < -0.39 is 10.0 Å². The van der Waals surface area contributed by atoms with E-state index in [9.17, 15) is 8.42 Å². The molecule has 0 atom stereocenters. The summed E-state index contributed by atoms with van der Waals surface area (Å²) in [6, 6.07) is 15.5. The van der Waals surface area contributed by atoms with Gasteiger partial charge < -0.3 is 9.47 Å². The molecule has 0 unspecified atom stereocenters. The van der Waals surface area contributed by atoms with E-state index in [4.69, 9.17) is 31.2 Å². The third-order valence-electron chi connectivity index (χ3n) is 4.54. The van der Waals surface area contributed by atoms with Crippen LogP contribution in [0.25, 0.3) is 22.4 Å². The molecule has 0 saturated heterocycles. The first-order valence-corrected chi connectivity index (χ1v) is 11.4. The van der Waals surface area contributed by atoms with Gasteiger partial charge >= 0.3 is 0 Å². The molecule has 8 heteroatoms. The van der Waals surface area contributed by atoms with Crippen LogP contribution in [0.3, 0.4) is 0 Å². The zero-order valence-corrected chi connectivity index (χ0v) is 18.3. The summed E-state index contributed by atoms with van der Waals surface area (Å²) in [5.74, 6) is 1.07. The van der Waals surface area contributed by atoms with E-state index in [1.54, 1.807) is 37.4 Å². The van der Waals surface area contributed by atoms with Crippen LogP contribution in [0.5, 0.6) is 11.6 Å². The van der Waals surface area contributed by atoms with E-state index in [2.05, 4.69) is 6.92 Å². The summed E-state index contributed by atoms with van der Waals surface area (Å²) in [5.41, 5.74) is 3.04. The summed E-state index contributed by atoms with van der Waals surface area (Å²) in [6.07, 6.45) is 1.96. The van der Waals surface area contributed by atoms with Gasteiger partial charge in [-0.1, -0.05) is 37.1 Å². The molecule has 2 aromatic carbocycles. The van der Waals surface area contributed by atoms with Gasteiger partial charge in [-0.05, 0) is 48.4 Å². The van der Waals surface area contributed by atoms with Crippen LogP contribution in [0.2, 0.25) is 5.02 Å². The Morgan fingerprint density at radius 3 is 2.33 bits per heavy atom. The Kier molecular flexibility index (Phi) is 6.97. The molecule has 0 bridgehead atoms. The highest BCUT2D eigenvalue weighted by molar-refractivity contribution is 7.89. The lowest BCUT2D eigenvalue weighted by molar-refractivity contribution is 0.298. The predicted molar refractivity (Wildman–Crippen MR) is 118 cm³/mol. The van der Waals surface area contributed by atoms with E-state index in [1.807, 2.05) is 12.1 Å². The number of halogens is 1. The van der Waals surface area contributed by atoms with Crippen LogP contribution in [-0.2, 0) is 10.0 Å². The normalized spacial score (nSPS) is 11.3. The van der Waals surface area contributed by atoms with E-state index in [0.717, 1.165) is 29.5 Å². The Labute approximate surface area is 181 Å². The van der Waals surface area contributed by atoms with Crippen LogP contribution in [-0.4, -0.2) is 27.1 Å². The number of ether oxygens (including phenoxy) is 2. The molecule has 0 aliphatic carbocycles. The van der Waals surface area contributed by atoms with Gasteiger partial charge in [-0.15, -0.1) is 0 Å². The third kappa shape index (κ3) is 5.11. The van der Waals surface area contributed by atoms with Crippen molar-refractivity contribution in [3.8, 4) is 34.0 Å². The first-order valence-electron chi connectivity index (χ1n) is 9.44. The minimum atomic E-state index is -3.76. The van der Waals surface area contributed by atoms with Crippen molar-refractivity contribution in [2.45, 2.75) is 24.7 Å². The monoisotopic (exact) mass is 446 g/mol. The molecule has 0 radical (unpaired) electrons. The van der Waals surface area contributed by atoms with E-state index in [0.29, 0.717) is 29.0 Å². The molecule has 0 fully saturated rings. The van der Waals surface area contributed by atoms with Gasteiger partial charge in [0.15, 0.2) is 0 Å². The first kappa shape index (κ1) is 22.1. The number of methoxy groups -OCH3 is 1. The minimum absolute atomic E-state index is 0.0489. The number of sulfonamides is 1. The number of primary sulfonamides is 1. The maximum Gasteiger partial charge on any atom is 0.238 e. The summed E-state index contributed by atoms with van der Waals surface area (Å²) < 4.78 is 34.1. The summed E-state index contributed by atoms with van der Waals surface area (Å²) in [6.45, 7) is 2.67. The highest BCUT2D eigenvalue weighted by atomic mass is 35.5. The fraction of sp³-hybridized carbons (Fsp3) is 0.227. The van der Waals surface area contributed by atoms with Crippen LogP contribution in [0.4, 0.5) is 0 Å². The zero-order valence-electron chi connectivity index (χ0n) is 16.8. The SMILES string of the molecule is CCCCOc1ccc(-c2ccc(S(N)(=O)=O)cc2)c(-c2ccc(OC)c(Cl)c2)n1. The molecule has 158 valence electrons. The fourth-order valence-corrected chi connectivity index (χ4v) is 3.71. The average molecular weight is 447 g/mol. The minimum Gasteiger partial charge on any atom is -0.495 e. The number of nitrogens with zero attached hydrogens (tertiary/aromatic N) is 1. The second kappa shape index (κ2) is 9.47. The van der Waals surface area contributed by atoms with E-state index in [1.165, 1.54) is 12.1 Å². The first-order chi connectivity index (χ1) is 14.3. The lowest BCUT2D eigenvalue weighted by Gasteiger charge is -2.14. The lowest BCUT2D eigenvalue weighted by atomic mass is 9.99. The average Bonchev–Trinajstić information content (AvgIpc) is 2.73. The fourth-order valence-electron chi connectivity index (χ4n) is 2.93. The Morgan fingerprint density at radius 1 is 1.03 bits per heavy atom. The number of aromatic nitrogens is 1. The number of benzene rings is 2. The van der Waals surface area contributed by atoms with Crippen molar-refractivity contribution < 1.29 is 17.9 Å². The second-order valence-electron chi connectivity index (χ2n) is 6.67. The highest BCUT2D eigenvalue weighted by Gasteiger charge is 2.15. The Bertz CT molecular complexity index is 1130. The van der Waals surface area contributed by atoms with Crippen molar-refractivity contribution in [2.24, 2.45) is 5.14 Å². The number of rotatable bonds is 8. The van der Waals surface area contributed by atoms with Gasteiger partial charge in [0.2, 0.25) is 15.9 Å². The maximum atomic E-state index is 11.6. The highest BCUT2D eigenvalue weighted by Crippen LogP contribution is 2.36. The van der Waals surface area contributed by atoms with E-state index in [-0.39, 0.29) is 4.90 Å². The molecule has 0 saturated carbocycles. The van der Waals surface area contributed by atoms with Gasteiger partial charge in [-0.2, -0.15) is 0 Å². The molecule has 3 rings (SSSR count). The Hall–Kier alpha value is -2.61. The molecular weight excluding hydrogens is 424 g/mol. The summed E-state index contributed by atoms with van der Waals surface area (Å²) in [4.78, 5) is 4.74. The molecule has 1 aromatic heterocycles. The molecular formula is C22H23ClN2O4S. The molecule has 1 heterocycles. The number of hydrogen-bond acceptors (Lipinski definition) is 5. The van der Waals surface area contributed by atoms with Crippen LogP contribution in [0.15, 0.2) is 59.5 Å². The quantitative estimate of drug-likeness (QED) is 0.496. The molecule has 30 heavy (non-hydrogen) atoms. The number of unbranched alkanes of at least 4 members (excludes halogenated alkanes) is 1. The van der Waals surface area contributed by atoms with Crippen LogP contribution in [0.1, 0.15) is 19.8 Å². The summed E-state index contributed by atoms with van der Waals surface area (Å²) >= 11 is 6.33.